The molecule has 0 amide bonds. The Bertz CT molecular complexity index is 770. The second kappa shape index (κ2) is 7.31. The van der Waals surface area contributed by atoms with E-state index in [1.165, 1.54) is 6.92 Å². The molecule has 0 bridgehead atoms. The van der Waals surface area contributed by atoms with Gasteiger partial charge in [0.05, 0.1) is 17.5 Å². The second-order valence-corrected chi connectivity index (χ2v) is 6.80. The maximum atomic E-state index is 12.4. The van der Waals surface area contributed by atoms with Crippen molar-refractivity contribution in [1.82, 2.24) is 4.57 Å². The number of nitrogens with one attached hydrogen (secondary N) is 1. The molecule has 3 atom stereocenters. The number of carbonyl (C=O) groups is 1. The van der Waals surface area contributed by atoms with E-state index in [0.717, 1.165) is 16.2 Å². The molecular formula is C14H20N6O4S. The van der Waals surface area contributed by atoms with Gasteiger partial charge in [0, 0.05) is 6.92 Å². The van der Waals surface area contributed by atoms with Crippen molar-refractivity contribution < 1.29 is 14.3 Å². The maximum absolute atomic E-state index is 12.4. The number of aliphatic imine (C=N–C) groups is 1. The summed E-state index contributed by atoms with van der Waals surface area (Å²) in [4.78, 5) is 28.5. The molecule has 1 saturated heterocycles. The lowest BCUT2D eigenvalue weighted by atomic mass is 10.1. The SMILES string of the molecule is CCC(OC(C)=O)[C@@H]1CC[C@H](n2c3c(sc2=O)CN=C(N=NN)N3)O1. The van der Waals surface area contributed by atoms with Gasteiger partial charge in [-0.15, -0.1) is 0 Å². The van der Waals surface area contributed by atoms with Gasteiger partial charge in [-0.25, -0.2) is 4.99 Å². The zero-order valence-corrected chi connectivity index (χ0v) is 14.8. The molecule has 1 aromatic rings. The summed E-state index contributed by atoms with van der Waals surface area (Å²) in [6.07, 6.45) is 1.03. The lowest BCUT2D eigenvalue weighted by molar-refractivity contribution is -0.156. The third kappa shape index (κ3) is 3.56. The molecular weight excluding hydrogens is 348 g/mol. The summed E-state index contributed by atoms with van der Waals surface area (Å²) in [6, 6.07) is 0. The number of fused-ring (bicyclic) bond motifs is 1. The van der Waals surface area contributed by atoms with Crippen LogP contribution in [0.1, 0.15) is 44.2 Å². The van der Waals surface area contributed by atoms with E-state index < -0.39 is 6.23 Å². The van der Waals surface area contributed by atoms with Crippen LogP contribution in [0.5, 0.6) is 0 Å². The number of hydrogen-bond acceptors (Lipinski definition) is 9. The highest BCUT2D eigenvalue weighted by molar-refractivity contribution is 7.09. The summed E-state index contributed by atoms with van der Waals surface area (Å²) < 4.78 is 12.9. The molecule has 2 aliphatic heterocycles. The minimum absolute atomic E-state index is 0.134. The number of aromatic nitrogens is 1. The van der Waals surface area contributed by atoms with Gasteiger partial charge in [-0.05, 0) is 19.3 Å². The van der Waals surface area contributed by atoms with Gasteiger partial charge in [0.1, 0.15) is 18.1 Å². The number of nitrogens with zero attached hydrogens (tertiary/aromatic N) is 4. The van der Waals surface area contributed by atoms with Crippen LogP contribution in [0.15, 0.2) is 20.1 Å². The monoisotopic (exact) mass is 368 g/mol. The number of rotatable bonds is 4. The minimum Gasteiger partial charge on any atom is -0.460 e. The highest BCUT2D eigenvalue weighted by Crippen LogP contribution is 2.35. The van der Waals surface area contributed by atoms with Crippen molar-refractivity contribution in [1.29, 1.82) is 0 Å². The first-order valence-corrected chi connectivity index (χ1v) is 8.84. The predicted octanol–water partition coefficient (Wildman–Crippen LogP) is 1.54. The molecule has 1 unspecified atom stereocenters. The van der Waals surface area contributed by atoms with E-state index in [1.807, 2.05) is 6.92 Å². The van der Waals surface area contributed by atoms with Gasteiger partial charge in [-0.2, -0.15) is 0 Å². The molecule has 3 N–H and O–H groups in total. The molecule has 0 aliphatic carbocycles. The molecule has 1 aromatic heterocycles. The van der Waals surface area contributed by atoms with Crippen LogP contribution in [0.4, 0.5) is 5.82 Å². The standard InChI is InChI=1S/C14H20N6O4S/c1-3-8(23-7(2)21)9-4-5-11(24-9)20-12-10(25-14(20)22)6-16-13(17-12)18-19-15/h8-9,11H,3-6H2,1-2H3,(H3,15,16,17,18)/t8?,9-,11+/m0/s1. The molecule has 3 heterocycles. The van der Waals surface area contributed by atoms with E-state index in [2.05, 4.69) is 20.6 Å². The van der Waals surface area contributed by atoms with Gasteiger partial charge < -0.3 is 20.6 Å². The van der Waals surface area contributed by atoms with E-state index in [0.29, 0.717) is 31.6 Å². The molecule has 136 valence electrons. The Labute approximate surface area is 147 Å². The predicted molar refractivity (Wildman–Crippen MR) is 91.4 cm³/mol. The molecule has 0 spiro atoms. The van der Waals surface area contributed by atoms with Gasteiger partial charge in [0.25, 0.3) is 0 Å². The highest BCUT2D eigenvalue weighted by atomic mass is 32.1. The Balaban J connectivity index is 1.79. The van der Waals surface area contributed by atoms with Crippen molar-refractivity contribution in [2.24, 2.45) is 21.2 Å². The number of ether oxygens (including phenoxy) is 2. The minimum atomic E-state index is -0.427. The Morgan fingerprint density at radius 2 is 2.40 bits per heavy atom. The highest BCUT2D eigenvalue weighted by Gasteiger charge is 2.36. The van der Waals surface area contributed by atoms with Crippen LogP contribution in [0.25, 0.3) is 0 Å². The van der Waals surface area contributed by atoms with Gasteiger partial charge in [-0.3, -0.25) is 14.2 Å². The van der Waals surface area contributed by atoms with Crippen LogP contribution in [0.2, 0.25) is 0 Å². The van der Waals surface area contributed by atoms with Crippen molar-refractivity contribution in [3.05, 3.63) is 14.5 Å². The summed E-state index contributed by atoms with van der Waals surface area (Å²) in [5.41, 5.74) is 0. The second-order valence-electron chi connectivity index (χ2n) is 5.75. The van der Waals surface area contributed by atoms with Crippen LogP contribution in [0, 0.1) is 0 Å². The van der Waals surface area contributed by atoms with Crippen LogP contribution < -0.4 is 16.0 Å². The number of guanidine groups is 1. The summed E-state index contributed by atoms with van der Waals surface area (Å²) in [5, 5.41) is 9.86. The van der Waals surface area contributed by atoms with E-state index in [-0.39, 0.29) is 29.0 Å². The van der Waals surface area contributed by atoms with Gasteiger partial charge in [0.15, 0.2) is 0 Å². The molecule has 2 aliphatic rings. The van der Waals surface area contributed by atoms with Crippen LogP contribution in [-0.2, 0) is 20.8 Å². The Morgan fingerprint density at radius 3 is 3.08 bits per heavy atom. The Morgan fingerprint density at radius 1 is 1.60 bits per heavy atom. The molecule has 0 saturated carbocycles. The van der Waals surface area contributed by atoms with E-state index in [9.17, 15) is 9.59 Å². The molecule has 10 nitrogen and oxygen atoms in total. The number of carbonyl (C=O) groups excluding carboxylic acids is 1. The summed E-state index contributed by atoms with van der Waals surface area (Å²) >= 11 is 1.12. The molecule has 1 fully saturated rings. The van der Waals surface area contributed by atoms with E-state index >= 15 is 0 Å². The van der Waals surface area contributed by atoms with Crippen molar-refractivity contribution in [3.8, 4) is 0 Å². The summed E-state index contributed by atoms with van der Waals surface area (Å²) in [7, 11) is 0. The largest absolute Gasteiger partial charge is 0.460 e. The fraction of sp³-hybridized carbons (Fsp3) is 0.643. The zero-order chi connectivity index (χ0) is 18.0. The van der Waals surface area contributed by atoms with Crippen molar-refractivity contribution in [3.63, 3.8) is 0 Å². The van der Waals surface area contributed by atoms with Gasteiger partial charge >= 0.3 is 10.8 Å². The first-order valence-electron chi connectivity index (χ1n) is 8.02. The van der Waals surface area contributed by atoms with Crippen molar-refractivity contribution in [2.45, 2.75) is 58.1 Å². The Kier molecular flexibility index (Phi) is 5.13. The maximum Gasteiger partial charge on any atom is 0.311 e. The molecule has 0 radical (unpaired) electrons. The van der Waals surface area contributed by atoms with Crippen molar-refractivity contribution in [2.75, 3.05) is 5.32 Å². The number of esters is 1. The third-order valence-corrected chi connectivity index (χ3v) is 5.06. The van der Waals surface area contributed by atoms with Crippen LogP contribution in [0.3, 0.4) is 0 Å². The van der Waals surface area contributed by atoms with Crippen molar-refractivity contribution >= 4 is 29.1 Å². The zero-order valence-electron chi connectivity index (χ0n) is 14.0. The van der Waals surface area contributed by atoms with Crippen LogP contribution in [-0.4, -0.2) is 28.7 Å². The van der Waals surface area contributed by atoms with E-state index in [1.54, 1.807) is 4.57 Å². The first kappa shape index (κ1) is 17.5. The van der Waals surface area contributed by atoms with E-state index in [4.69, 9.17) is 15.3 Å². The molecule has 0 aromatic carbocycles. The topological polar surface area (TPSA) is 133 Å². The fourth-order valence-electron chi connectivity index (χ4n) is 3.07. The average Bonchev–Trinajstić information content (AvgIpc) is 3.16. The quantitative estimate of drug-likeness (QED) is 0.358. The Hall–Kier alpha value is -2.27. The number of thiazole rings is 1. The average molecular weight is 368 g/mol. The third-order valence-electron chi connectivity index (χ3n) is 4.12. The molecule has 11 heteroatoms. The normalized spacial score (nSPS) is 23.8. The molecule has 3 rings (SSSR count). The molecule has 25 heavy (non-hydrogen) atoms. The first-order chi connectivity index (χ1) is 12.0. The number of anilines is 1. The van der Waals surface area contributed by atoms with Gasteiger partial charge in [-0.1, -0.05) is 28.6 Å². The summed E-state index contributed by atoms with van der Waals surface area (Å²) in [5.74, 6) is 5.58. The fourth-order valence-corrected chi connectivity index (χ4v) is 3.97. The number of hydrogen-bond donors (Lipinski definition) is 2. The summed E-state index contributed by atoms with van der Waals surface area (Å²) in [6.45, 7) is 3.65. The van der Waals surface area contributed by atoms with Crippen LogP contribution >= 0.6 is 11.3 Å². The van der Waals surface area contributed by atoms with Gasteiger partial charge in [0.2, 0.25) is 5.96 Å². The lowest BCUT2D eigenvalue weighted by Gasteiger charge is -2.23. The lowest BCUT2D eigenvalue weighted by Crippen LogP contribution is -2.31. The smallest absolute Gasteiger partial charge is 0.311 e. The number of nitrogens with two attached hydrogens (primary N) is 1.